The first-order valence-electron chi connectivity index (χ1n) is 5.41. The molecule has 0 amide bonds. The molecule has 0 saturated heterocycles. The topological polar surface area (TPSA) is 44.5 Å². The summed E-state index contributed by atoms with van der Waals surface area (Å²) >= 11 is 0. The van der Waals surface area contributed by atoms with Gasteiger partial charge in [-0.2, -0.15) is 0 Å². The molecule has 2 N–H and O–H groups in total. The molecule has 0 spiro atoms. The molecule has 0 radical (unpaired) electrons. The second-order valence-electron chi connectivity index (χ2n) is 3.96. The maximum atomic E-state index is 6.14. The lowest BCUT2D eigenvalue weighted by Crippen LogP contribution is -2.25. The maximum absolute atomic E-state index is 6.14. The van der Waals surface area contributed by atoms with Crippen LogP contribution in [0.5, 0.6) is 5.75 Å². The minimum absolute atomic E-state index is 0.0557. The Morgan fingerprint density at radius 3 is 3.06 bits per heavy atom. The summed E-state index contributed by atoms with van der Waals surface area (Å²) in [5.74, 6) is 0.846. The van der Waals surface area contributed by atoms with Gasteiger partial charge in [0.05, 0.1) is 25.9 Å². The van der Waals surface area contributed by atoms with Gasteiger partial charge < -0.3 is 15.2 Å². The Kier molecular flexibility index (Phi) is 3.27. The summed E-state index contributed by atoms with van der Waals surface area (Å²) in [6.45, 7) is 4.18. The van der Waals surface area contributed by atoms with E-state index in [0.717, 1.165) is 17.7 Å². The van der Waals surface area contributed by atoms with Gasteiger partial charge in [0.25, 0.3) is 0 Å². The van der Waals surface area contributed by atoms with Gasteiger partial charge in [-0.15, -0.1) is 6.58 Å². The Balaban J connectivity index is 2.17. The van der Waals surface area contributed by atoms with Crippen LogP contribution in [0, 0.1) is 0 Å². The van der Waals surface area contributed by atoms with E-state index in [2.05, 4.69) is 12.6 Å². The maximum Gasteiger partial charge on any atom is 0.119 e. The molecule has 86 valence electrons. The van der Waals surface area contributed by atoms with Gasteiger partial charge in [0, 0.05) is 6.42 Å². The van der Waals surface area contributed by atoms with Gasteiger partial charge in [0.1, 0.15) is 5.75 Å². The van der Waals surface area contributed by atoms with Crippen molar-refractivity contribution in [3.05, 3.63) is 42.0 Å². The lowest BCUT2D eigenvalue weighted by molar-refractivity contribution is 0.0638. The molecule has 0 aromatic heterocycles. The average Bonchev–Trinajstić information content (AvgIpc) is 2.63. The number of hydrogen-bond donors (Lipinski definition) is 1. The van der Waals surface area contributed by atoms with Crippen molar-refractivity contribution >= 4 is 0 Å². The van der Waals surface area contributed by atoms with Gasteiger partial charge >= 0.3 is 0 Å². The van der Waals surface area contributed by atoms with E-state index >= 15 is 0 Å². The SMILES string of the molecule is C=CCOC1Cc2ccc(OC)cc2C1N. The number of ether oxygens (including phenoxy) is 2. The molecule has 2 rings (SSSR count). The monoisotopic (exact) mass is 219 g/mol. The molecule has 1 aromatic rings. The molecule has 2 atom stereocenters. The van der Waals surface area contributed by atoms with Crippen molar-refractivity contribution in [1.82, 2.24) is 0 Å². The van der Waals surface area contributed by atoms with Crippen molar-refractivity contribution < 1.29 is 9.47 Å². The minimum Gasteiger partial charge on any atom is -0.497 e. The summed E-state index contributed by atoms with van der Waals surface area (Å²) in [5.41, 5.74) is 8.53. The Labute approximate surface area is 95.9 Å². The Hall–Kier alpha value is -1.32. The molecular formula is C13H17NO2. The van der Waals surface area contributed by atoms with Crippen molar-refractivity contribution in [3.63, 3.8) is 0 Å². The number of fused-ring (bicyclic) bond motifs is 1. The van der Waals surface area contributed by atoms with Crippen molar-refractivity contribution in [1.29, 1.82) is 0 Å². The first-order valence-corrected chi connectivity index (χ1v) is 5.41. The molecular weight excluding hydrogens is 202 g/mol. The predicted molar refractivity (Wildman–Crippen MR) is 63.6 cm³/mol. The van der Waals surface area contributed by atoms with Crippen molar-refractivity contribution in [2.24, 2.45) is 5.73 Å². The van der Waals surface area contributed by atoms with E-state index in [1.165, 1.54) is 5.56 Å². The molecule has 3 nitrogen and oxygen atoms in total. The first-order chi connectivity index (χ1) is 7.76. The van der Waals surface area contributed by atoms with Gasteiger partial charge in [0.15, 0.2) is 0 Å². The number of benzene rings is 1. The summed E-state index contributed by atoms with van der Waals surface area (Å²) in [6, 6.07) is 5.95. The van der Waals surface area contributed by atoms with Gasteiger partial charge in [0.2, 0.25) is 0 Å². The zero-order valence-corrected chi connectivity index (χ0v) is 9.48. The standard InChI is InChI=1S/C13H17NO2/c1-3-6-16-12-7-9-4-5-10(15-2)8-11(9)13(12)14/h3-5,8,12-13H,1,6-7,14H2,2H3. The van der Waals surface area contributed by atoms with E-state index in [4.69, 9.17) is 15.2 Å². The second-order valence-corrected chi connectivity index (χ2v) is 3.96. The molecule has 0 bridgehead atoms. The van der Waals surface area contributed by atoms with Crippen LogP contribution < -0.4 is 10.5 Å². The van der Waals surface area contributed by atoms with Gasteiger partial charge in [-0.25, -0.2) is 0 Å². The molecule has 1 aliphatic carbocycles. The highest BCUT2D eigenvalue weighted by Crippen LogP contribution is 2.33. The Morgan fingerprint density at radius 2 is 2.38 bits per heavy atom. The number of hydrogen-bond acceptors (Lipinski definition) is 3. The quantitative estimate of drug-likeness (QED) is 0.786. The van der Waals surface area contributed by atoms with Crippen LogP contribution in [0.4, 0.5) is 0 Å². The van der Waals surface area contributed by atoms with E-state index in [1.807, 2.05) is 12.1 Å². The number of methoxy groups -OCH3 is 1. The van der Waals surface area contributed by atoms with E-state index in [-0.39, 0.29) is 12.1 Å². The summed E-state index contributed by atoms with van der Waals surface area (Å²) in [5, 5.41) is 0. The lowest BCUT2D eigenvalue weighted by atomic mass is 10.1. The van der Waals surface area contributed by atoms with E-state index in [1.54, 1.807) is 13.2 Å². The Morgan fingerprint density at radius 1 is 1.56 bits per heavy atom. The summed E-state index contributed by atoms with van der Waals surface area (Å²) < 4.78 is 10.8. The van der Waals surface area contributed by atoms with Crippen LogP contribution in [0.15, 0.2) is 30.9 Å². The summed E-state index contributed by atoms with van der Waals surface area (Å²) in [6.07, 6.45) is 2.67. The van der Waals surface area contributed by atoms with Gasteiger partial charge in [-0.3, -0.25) is 0 Å². The van der Waals surface area contributed by atoms with Crippen molar-refractivity contribution in [2.45, 2.75) is 18.6 Å². The molecule has 3 heteroatoms. The minimum atomic E-state index is -0.0648. The fourth-order valence-electron chi connectivity index (χ4n) is 2.09. The third kappa shape index (κ3) is 1.96. The molecule has 1 aliphatic rings. The highest BCUT2D eigenvalue weighted by Gasteiger charge is 2.30. The van der Waals surface area contributed by atoms with E-state index in [9.17, 15) is 0 Å². The molecule has 2 unspecified atom stereocenters. The fourth-order valence-corrected chi connectivity index (χ4v) is 2.09. The second kappa shape index (κ2) is 4.68. The third-order valence-corrected chi connectivity index (χ3v) is 2.96. The van der Waals surface area contributed by atoms with E-state index in [0.29, 0.717) is 6.61 Å². The van der Waals surface area contributed by atoms with Crippen LogP contribution in [0.3, 0.4) is 0 Å². The molecule has 1 aromatic carbocycles. The summed E-state index contributed by atoms with van der Waals surface area (Å²) in [4.78, 5) is 0. The van der Waals surface area contributed by atoms with Crippen LogP contribution >= 0.6 is 0 Å². The summed E-state index contributed by atoms with van der Waals surface area (Å²) in [7, 11) is 1.66. The van der Waals surface area contributed by atoms with Crippen LogP contribution in [-0.4, -0.2) is 19.8 Å². The molecule has 0 aliphatic heterocycles. The molecule has 16 heavy (non-hydrogen) atoms. The average molecular weight is 219 g/mol. The largest absolute Gasteiger partial charge is 0.497 e. The lowest BCUT2D eigenvalue weighted by Gasteiger charge is -2.15. The van der Waals surface area contributed by atoms with Crippen LogP contribution in [-0.2, 0) is 11.2 Å². The number of rotatable bonds is 4. The smallest absolute Gasteiger partial charge is 0.119 e. The Bertz CT molecular complexity index is 390. The molecule has 0 saturated carbocycles. The van der Waals surface area contributed by atoms with E-state index < -0.39 is 0 Å². The molecule has 0 heterocycles. The zero-order chi connectivity index (χ0) is 11.5. The predicted octanol–water partition coefficient (Wildman–Crippen LogP) is 1.82. The normalized spacial score (nSPS) is 22.9. The molecule has 0 fully saturated rings. The first kappa shape index (κ1) is 11.2. The van der Waals surface area contributed by atoms with Gasteiger partial charge in [-0.05, 0) is 23.3 Å². The fraction of sp³-hybridized carbons (Fsp3) is 0.385. The van der Waals surface area contributed by atoms with Crippen molar-refractivity contribution in [3.8, 4) is 5.75 Å². The van der Waals surface area contributed by atoms with Crippen LogP contribution in [0.25, 0.3) is 0 Å². The zero-order valence-electron chi connectivity index (χ0n) is 9.48. The van der Waals surface area contributed by atoms with Crippen LogP contribution in [0.2, 0.25) is 0 Å². The van der Waals surface area contributed by atoms with Crippen molar-refractivity contribution in [2.75, 3.05) is 13.7 Å². The number of nitrogens with two attached hydrogens (primary N) is 1. The third-order valence-electron chi connectivity index (χ3n) is 2.96. The van der Waals surface area contributed by atoms with Crippen LogP contribution in [0.1, 0.15) is 17.2 Å². The van der Waals surface area contributed by atoms with Gasteiger partial charge in [-0.1, -0.05) is 12.1 Å². The highest BCUT2D eigenvalue weighted by atomic mass is 16.5. The highest BCUT2D eigenvalue weighted by molar-refractivity contribution is 5.42.